The average Bonchev–Trinajstić information content (AvgIpc) is 2.57. The number of rotatable bonds is 1. The largest absolute Gasteiger partial charge is 0.497 e. The third-order valence-electron chi connectivity index (χ3n) is 3.39. The second-order valence-corrected chi connectivity index (χ2v) is 4.39. The maximum absolute atomic E-state index is 5.88. The molecule has 1 N–H and O–H groups in total. The Balaban J connectivity index is 1.97. The van der Waals surface area contributed by atoms with Crippen molar-refractivity contribution in [2.45, 2.75) is 18.6 Å². The number of ether oxygens (including phenoxy) is 3. The molecule has 0 amide bonds. The highest BCUT2D eigenvalue weighted by molar-refractivity contribution is 5.43. The van der Waals surface area contributed by atoms with Crippen LogP contribution in [0.4, 0.5) is 0 Å². The van der Waals surface area contributed by atoms with Gasteiger partial charge in [-0.3, -0.25) is 0 Å². The average molecular weight is 235 g/mol. The highest BCUT2D eigenvalue weighted by Crippen LogP contribution is 2.37. The maximum atomic E-state index is 5.88. The van der Waals surface area contributed by atoms with E-state index < -0.39 is 0 Å². The lowest BCUT2D eigenvalue weighted by molar-refractivity contribution is -0.00585. The van der Waals surface area contributed by atoms with Crippen LogP contribution in [0.25, 0.3) is 0 Å². The third-order valence-corrected chi connectivity index (χ3v) is 3.39. The molecule has 1 aromatic rings. The molecule has 2 heterocycles. The van der Waals surface area contributed by atoms with Crippen molar-refractivity contribution in [3.63, 3.8) is 0 Å². The van der Waals surface area contributed by atoms with Crippen molar-refractivity contribution in [2.75, 3.05) is 26.9 Å². The molecule has 2 atom stereocenters. The van der Waals surface area contributed by atoms with Gasteiger partial charge < -0.3 is 19.5 Å². The Hall–Kier alpha value is -1.26. The van der Waals surface area contributed by atoms with Gasteiger partial charge in [0.05, 0.1) is 20.3 Å². The number of nitrogens with one attached hydrogen (secondary N) is 1. The van der Waals surface area contributed by atoms with E-state index in [2.05, 4.69) is 5.32 Å². The lowest BCUT2D eigenvalue weighted by atomic mass is 9.99. The summed E-state index contributed by atoms with van der Waals surface area (Å²) in [6, 6.07) is 6.31. The molecule has 0 saturated carbocycles. The van der Waals surface area contributed by atoms with Crippen molar-refractivity contribution in [1.82, 2.24) is 5.32 Å². The number of benzene rings is 1. The number of morpholine rings is 1. The van der Waals surface area contributed by atoms with Crippen LogP contribution in [0.2, 0.25) is 0 Å². The van der Waals surface area contributed by atoms with E-state index in [1.54, 1.807) is 7.11 Å². The molecule has 2 aliphatic heterocycles. The third kappa shape index (κ3) is 1.98. The normalized spacial score (nSPS) is 27.4. The van der Waals surface area contributed by atoms with Crippen LogP contribution in [0.5, 0.6) is 11.5 Å². The van der Waals surface area contributed by atoms with E-state index in [4.69, 9.17) is 14.2 Å². The van der Waals surface area contributed by atoms with Crippen molar-refractivity contribution >= 4 is 0 Å². The van der Waals surface area contributed by atoms with Gasteiger partial charge in [-0.05, 0) is 18.6 Å². The van der Waals surface area contributed by atoms with Crippen molar-refractivity contribution in [2.24, 2.45) is 0 Å². The molecule has 3 rings (SSSR count). The fourth-order valence-corrected chi connectivity index (χ4v) is 2.51. The number of fused-ring (bicyclic) bond motifs is 3. The zero-order valence-electron chi connectivity index (χ0n) is 9.94. The highest BCUT2D eigenvalue weighted by Gasteiger charge is 2.31. The fourth-order valence-electron chi connectivity index (χ4n) is 2.51. The Morgan fingerprint density at radius 2 is 2.29 bits per heavy atom. The van der Waals surface area contributed by atoms with Gasteiger partial charge in [-0.2, -0.15) is 0 Å². The predicted octanol–water partition coefficient (Wildman–Crippen LogP) is 1.51. The number of methoxy groups -OCH3 is 1. The van der Waals surface area contributed by atoms with Crippen molar-refractivity contribution < 1.29 is 14.2 Å². The first-order valence-electron chi connectivity index (χ1n) is 6.04. The van der Waals surface area contributed by atoms with Crippen molar-refractivity contribution in [3.05, 3.63) is 23.8 Å². The molecule has 1 aromatic carbocycles. The molecule has 0 unspecified atom stereocenters. The first kappa shape index (κ1) is 10.9. The molecular weight excluding hydrogens is 218 g/mol. The van der Waals surface area contributed by atoms with Crippen LogP contribution < -0.4 is 14.8 Å². The van der Waals surface area contributed by atoms with Gasteiger partial charge in [-0.1, -0.05) is 0 Å². The van der Waals surface area contributed by atoms with Crippen LogP contribution >= 0.6 is 0 Å². The van der Waals surface area contributed by atoms with Crippen LogP contribution in [-0.4, -0.2) is 32.9 Å². The molecule has 1 fully saturated rings. The maximum Gasteiger partial charge on any atom is 0.128 e. The van der Waals surface area contributed by atoms with Crippen LogP contribution in [0.1, 0.15) is 18.1 Å². The van der Waals surface area contributed by atoms with Crippen LogP contribution in [0, 0.1) is 0 Å². The standard InChI is InChI=1S/C13H17NO3/c1-15-9-2-3-10-12(8-9)16-6-4-11-13(10)17-7-5-14-11/h2-3,8,11,13-14H,4-7H2,1H3/t11-,13-/m1/s1. The summed E-state index contributed by atoms with van der Waals surface area (Å²) in [6.07, 6.45) is 1.08. The van der Waals surface area contributed by atoms with Crippen LogP contribution in [0.15, 0.2) is 18.2 Å². The molecule has 4 nitrogen and oxygen atoms in total. The van der Waals surface area contributed by atoms with Crippen molar-refractivity contribution in [3.8, 4) is 11.5 Å². The summed E-state index contributed by atoms with van der Waals surface area (Å²) in [4.78, 5) is 0. The van der Waals surface area contributed by atoms with E-state index in [0.717, 1.165) is 43.2 Å². The molecule has 0 radical (unpaired) electrons. The number of hydrogen-bond acceptors (Lipinski definition) is 4. The SMILES string of the molecule is COc1ccc2c(c1)OCC[C@H]1NCCO[C@H]21. The molecule has 4 heteroatoms. The smallest absolute Gasteiger partial charge is 0.128 e. The predicted molar refractivity (Wildman–Crippen MR) is 63.6 cm³/mol. The molecule has 0 aromatic heterocycles. The summed E-state index contributed by atoms with van der Waals surface area (Å²) in [7, 11) is 1.67. The quantitative estimate of drug-likeness (QED) is 0.801. The number of hydrogen-bond donors (Lipinski definition) is 1. The summed E-state index contributed by atoms with van der Waals surface area (Å²) in [5.74, 6) is 1.71. The lowest BCUT2D eigenvalue weighted by Gasteiger charge is -2.31. The molecule has 0 aliphatic carbocycles. The van der Waals surface area contributed by atoms with Crippen molar-refractivity contribution in [1.29, 1.82) is 0 Å². The molecule has 2 aliphatic rings. The van der Waals surface area contributed by atoms with Gasteiger partial charge in [0.2, 0.25) is 0 Å². The zero-order valence-corrected chi connectivity index (χ0v) is 9.94. The van der Waals surface area contributed by atoms with Gasteiger partial charge in [-0.15, -0.1) is 0 Å². The lowest BCUT2D eigenvalue weighted by Crippen LogP contribution is -2.43. The molecule has 17 heavy (non-hydrogen) atoms. The van der Waals surface area contributed by atoms with Crippen LogP contribution in [-0.2, 0) is 4.74 Å². The molecule has 92 valence electrons. The Labute approximate surface area is 101 Å². The van der Waals surface area contributed by atoms with Crippen LogP contribution in [0.3, 0.4) is 0 Å². The van der Waals surface area contributed by atoms with E-state index >= 15 is 0 Å². The van der Waals surface area contributed by atoms with Gasteiger partial charge in [0.1, 0.15) is 17.6 Å². The molecule has 0 bridgehead atoms. The van der Waals surface area contributed by atoms with Gasteiger partial charge in [0.15, 0.2) is 0 Å². The summed E-state index contributed by atoms with van der Waals surface area (Å²) in [6.45, 7) is 2.40. The molecule has 0 spiro atoms. The Morgan fingerprint density at radius 1 is 1.35 bits per heavy atom. The Bertz CT molecular complexity index is 408. The fraction of sp³-hybridized carbons (Fsp3) is 0.538. The minimum absolute atomic E-state index is 0.104. The van der Waals surface area contributed by atoms with E-state index in [-0.39, 0.29) is 6.10 Å². The van der Waals surface area contributed by atoms with E-state index in [9.17, 15) is 0 Å². The Kier molecular flexibility index (Phi) is 2.91. The van der Waals surface area contributed by atoms with E-state index in [1.165, 1.54) is 0 Å². The van der Waals surface area contributed by atoms with Gasteiger partial charge in [0, 0.05) is 24.2 Å². The zero-order chi connectivity index (χ0) is 11.7. The van der Waals surface area contributed by atoms with E-state index in [1.807, 2.05) is 18.2 Å². The summed E-state index contributed by atoms with van der Waals surface area (Å²) in [5, 5.41) is 3.49. The topological polar surface area (TPSA) is 39.7 Å². The van der Waals surface area contributed by atoms with Gasteiger partial charge in [0.25, 0.3) is 0 Å². The first-order chi connectivity index (χ1) is 8.38. The van der Waals surface area contributed by atoms with Gasteiger partial charge in [-0.25, -0.2) is 0 Å². The summed E-state index contributed by atoms with van der Waals surface area (Å²) >= 11 is 0. The van der Waals surface area contributed by atoms with E-state index in [0.29, 0.717) is 6.04 Å². The highest BCUT2D eigenvalue weighted by atomic mass is 16.5. The Morgan fingerprint density at radius 3 is 3.18 bits per heavy atom. The molecule has 1 saturated heterocycles. The van der Waals surface area contributed by atoms with Gasteiger partial charge >= 0.3 is 0 Å². The second kappa shape index (κ2) is 4.55. The second-order valence-electron chi connectivity index (χ2n) is 4.39. The minimum Gasteiger partial charge on any atom is -0.497 e. The monoisotopic (exact) mass is 235 g/mol. The minimum atomic E-state index is 0.104. The first-order valence-corrected chi connectivity index (χ1v) is 6.04. The summed E-state index contributed by atoms with van der Waals surface area (Å²) in [5.41, 5.74) is 1.13. The molecular formula is C13H17NO3. The summed E-state index contributed by atoms with van der Waals surface area (Å²) < 4.78 is 16.9.